The molecule has 0 saturated carbocycles. The molecule has 142 valence electrons. The first-order valence-electron chi connectivity index (χ1n) is 8.58. The maximum Gasteiger partial charge on any atom is 0.291 e. The number of fused-ring (bicyclic) bond motifs is 1. The summed E-state index contributed by atoms with van der Waals surface area (Å²) in [6.07, 6.45) is 4.61. The Morgan fingerprint density at radius 2 is 2.11 bits per heavy atom. The fourth-order valence-electron chi connectivity index (χ4n) is 2.69. The van der Waals surface area contributed by atoms with E-state index in [-0.39, 0.29) is 18.3 Å². The maximum absolute atomic E-state index is 12.8. The lowest BCUT2D eigenvalue weighted by Gasteiger charge is -2.19. The van der Waals surface area contributed by atoms with Gasteiger partial charge in [0.2, 0.25) is 5.91 Å². The van der Waals surface area contributed by atoms with Gasteiger partial charge in [0, 0.05) is 12.4 Å². The fourth-order valence-corrected chi connectivity index (χ4v) is 2.69. The summed E-state index contributed by atoms with van der Waals surface area (Å²) < 4.78 is 2.65. The molecule has 0 unspecified atom stereocenters. The molecule has 9 nitrogen and oxygen atoms in total. The van der Waals surface area contributed by atoms with Crippen molar-refractivity contribution < 1.29 is 9.90 Å². The van der Waals surface area contributed by atoms with E-state index >= 15 is 0 Å². The molecule has 0 aliphatic carbocycles. The summed E-state index contributed by atoms with van der Waals surface area (Å²) in [6.45, 7) is 6.89. The van der Waals surface area contributed by atoms with Gasteiger partial charge in [0.1, 0.15) is 29.8 Å². The Balaban J connectivity index is 2.03. The number of carbonyl (C=O) groups excluding carboxylic acids is 1. The van der Waals surface area contributed by atoms with Crippen LogP contribution in [0, 0.1) is 0 Å². The molecule has 3 aromatic heterocycles. The van der Waals surface area contributed by atoms with Crippen LogP contribution in [-0.2, 0) is 16.9 Å². The summed E-state index contributed by atoms with van der Waals surface area (Å²) >= 11 is 0. The van der Waals surface area contributed by atoms with Crippen LogP contribution >= 0.6 is 0 Å². The van der Waals surface area contributed by atoms with E-state index in [1.165, 1.54) is 12.5 Å². The molecule has 27 heavy (non-hydrogen) atoms. The summed E-state index contributed by atoms with van der Waals surface area (Å²) in [4.78, 5) is 32.8. The van der Waals surface area contributed by atoms with Gasteiger partial charge in [-0.3, -0.25) is 14.0 Å². The second-order valence-electron chi connectivity index (χ2n) is 7.17. The number of amides is 1. The van der Waals surface area contributed by atoms with Gasteiger partial charge < -0.3 is 10.4 Å². The molecule has 1 amide bonds. The average Bonchev–Trinajstić information content (AvgIpc) is 3.03. The minimum atomic E-state index is -1.30. The zero-order valence-electron chi connectivity index (χ0n) is 15.7. The van der Waals surface area contributed by atoms with Gasteiger partial charge in [0.25, 0.3) is 5.56 Å². The first-order valence-corrected chi connectivity index (χ1v) is 8.58. The molecule has 2 N–H and O–H groups in total. The van der Waals surface area contributed by atoms with Gasteiger partial charge in [-0.05, 0) is 37.5 Å². The van der Waals surface area contributed by atoms with Crippen LogP contribution < -0.4 is 10.9 Å². The van der Waals surface area contributed by atoms with E-state index in [0.29, 0.717) is 11.3 Å². The number of carbonyl (C=O) groups is 1. The lowest BCUT2D eigenvalue weighted by molar-refractivity contribution is -0.117. The predicted molar refractivity (Wildman–Crippen MR) is 99.4 cm³/mol. The fraction of sp³-hybridized carbons (Fsp3) is 0.389. The highest BCUT2D eigenvalue weighted by atomic mass is 16.3. The Morgan fingerprint density at radius 1 is 1.37 bits per heavy atom. The van der Waals surface area contributed by atoms with E-state index < -0.39 is 17.1 Å². The number of aromatic nitrogens is 5. The van der Waals surface area contributed by atoms with E-state index in [1.54, 1.807) is 36.6 Å². The molecule has 9 heteroatoms. The zero-order chi connectivity index (χ0) is 19.8. The summed E-state index contributed by atoms with van der Waals surface area (Å²) in [5.41, 5.74) is -0.402. The third kappa shape index (κ3) is 3.87. The molecule has 0 aliphatic heterocycles. The zero-order valence-corrected chi connectivity index (χ0v) is 15.7. The second-order valence-corrected chi connectivity index (χ2v) is 7.17. The van der Waals surface area contributed by atoms with Gasteiger partial charge in [0.05, 0.1) is 0 Å². The van der Waals surface area contributed by atoms with Crippen molar-refractivity contribution >= 4 is 17.2 Å². The molecule has 3 aromatic rings. The predicted octanol–water partition coefficient (Wildman–Crippen LogP) is 1.28. The molecule has 0 bridgehead atoms. The molecule has 0 atom stereocenters. The van der Waals surface area contributed by atoms with Crippen LogP contribution in [0.4, 0.5) is 5.82 Å². The summed E-state index contributed by atoms with van der Waals surface area (Å²) in [6, 6.07) is 3.31. The quantitative estimate of drug-likeness (QED) is 0.699. The van der Waals surface area contributed by atoms with E-state index in [1.807, 2.05) is 13.8 Å². The molecule has 0 aromatic carbocycles. The number of hydrogen-bond acceptors (Lipinski definition) is 6. The third-order valence-electron chi connectivity index (χ3n) is 4.09. The van der Waals surface area contributed by atoms with Gasteiger partial charge in [0.15, 0.2) is 5.82 Å². The van der Waals surface area contributed by atoms with Gasteiger partial charge in [-0.15, -0.1) is 0 Å². The van der Waals surface area contributed by atoms with E-state index in [0.717, 1.165) is 10.2 Å². The Kier molecular flexibility index (Phi) is 4.79. The molecular formula is C18H22N6O3. The molecule has 3 heterocycles. The molecule has 0 fully saturated rings. The largest absolute Gasteiger partial charge is 0.382 e. The van der Waals surface area contributed by atoms with Crippen molar-refractivity contribution in [1.82, 2.24) is 24.1 Å². The Labute approximate surface area is 155 Å². The van der Waals surface area contributed by atoms with Crippen molar-refractivity contribution in [1.29, 1.82) is 0 Å². The van der Waals surface area contributed by atoms with Crippen LogP contribution in [0.1, 0.15) is 45.0 Å². The van der Waals surface area contributed by atoms with Gasteiger partial charge in [-0.25, -0.2) is 14.6 Å². The van der Waals surface area contributed by atoms with Gasteiger partial charge >= 0.3 is 0 Å². The van der Waals surface area contributed by atoms with Gasteiger partial charge in [-0.2, -0.15) is 5.10 Å². The highest BCUT2D eigenvalue weighted by molar-refractivity contribution is 5.89. The summed E-state index contributed by atoms with van der Waals surface area (Å²) in [7, 11) is 0. The van der Waals surface area contributed by atoms with Crippen molar-refractivity contribution in [3.63, 3.8) is 0 Å². The van der Waals surface area contributed by atoms with Crippen LogP contribution in [-0.4, -0.2) is 35.2 Å². The molecule has 3 rings (SSSR count). The molecule has 0 spiro atoms. The highest BCUT2D eigenvalue weighted by Gasteiger charge is 2.25. The van der Waals surface area contributed by atoms with Crippen molar-refractivity contribution in [3.8, 4) is 0 Å². The Morgan fingerprint density at radius 3 is 2.70 bits per heavy atom. The maximum atomic E-state index is 12.8. The number of aliphatic hydroxyl groups is 1. The standard InChI is InChI=1S/C18H22N6O3/c1-11(2)12-7-13-16(26)24(22-17(18(3,4)27)23(13)8-12)9-15(25)21-14-5-6-19-10-20-14/h5-8,10-11,27H,9H2,1-4H3,(H,19,20,21,25). The van der Waals surface area contributed by atoms with Gasteiger partial charge in [-0.1, -0.05) is 13.8 Å². The molecular weight excluding hydrogens is 348 g/mol. The number of rotatable bonds is 5. The van der Waals surface area contributed by atoms with Crippen molar-refractivity contribution in [2.75, 3.05) is 5.32 Å². The van der Waals surface area contributed by atoms with Crippen LogP contribution in [0.15, 0.2) is 35.6 Å². The Bertz CT molecular complexity index is 1030. The Hall–Kier alpha value is -3.07. The highest BCUT2D eigenvalue weighted by Crippen LogP contribution is 2.22. The van der Waals surface area contributed by atoms with E-state index in [2.05, 4.69) is 20.4 Å². The lowest BCUT2D eigenvalue weighted by atomic mass is 10.1. The van der Waals surface area contributed by atoms with Crippen LogP contribution in [0.25, 0.3) is 5.52 Å². The third-order valence-corrected chi connectivity index (χ3v) is 4.09. The first-order chi connectivity index (χ1) is 12.7. The first kappa shape index (κ1) is 18.7. The summed E-state index contributed by atoms with van der Waals surface area (Å²) in [5, 5.41) is 17.3. The lowest BCUT2D eigenvalue weighted by Crippen LogP contribution is -2.35. The van der Waals surface area contributed by atoms with E-state index in [9.17, 15) is 14.7 Å². The molecule has 0 aliphatic rings. The molecule has 0 radical (unpaired) electrons. The summed E-state index contributed by atoms with van der Waals surface area (Å²) in [5.74, 6) is 0.355. The number of hydrogen-bond donors (Lipinski definition) is 2. The normalized spacial score (nSPS) is 11.9. The van der Waals surface area contributed by atoms with Crippen molar-refractivity contribution in [2.24, 2.45) is 0 Å². The topological polar surface area (TPSA) is 114 Å². The second kappa shape index (κ2) is 6.92. The average molecular weight is 370 g/mol. The number of nitrogens with zero attached hydrogens (tertiary/aromatic N) is 5. The number of anilines is 1. The number of nitrogens with one attached hydrogen (secondary N) is 1. The minimum absolute atomic E-state index is 0.202. The van der Waals surface area contributed by atoms with Crippen LogP contribution in [0.3, 0.4) is 0 Å². The monoisotopic (exact) mass is 370 g/mol. The molecule has 0 saturated heterocycles. The van der Waals surface area contributed by atoms with E-state index in [4.69, 9.17) is 0 Å². The minimum Gasteiger partial charge on any atom is -0.382 e. The van der Waals surface area contributed by atoms with Crippen LogP contribution in [0.5, 0.6) is 0 Å². The van der Waals surface area contributed by atoms with Crippen molar-refractivity contribution in [3.05, 3.63) is 52.6 Å². The SMILES string of the molecule is CC(C)c1cc2c(=O)n(CC(=O)Nc3ccncn3)nc(C(C)(C)O)n2c1. The van der Waals surface area contributed by atoms with Crippen molar-refractivity contribution in [2.45, 2.75) is 45.8 Å². The van der Waals surface area contributed by atoms with Crippen LogP contribution in [0.2, 0.25) is 0 Å². The smallest absolute Gasteiger partial charge is 0.291 e.